The van der Waals surface area contributed by atoms with E-state index in [4.69, 9.17) is 9.98 Å². The van der Waals surface area contributed by atoms with Crippen LogP contribution >= 0.6 is 0 Å². The maximum Gasteiger partial charge on any atom is 0.124 e. The molecule has 0 amide bonds. The first-order valence-corrected chi connectivity index (χ1v) is 24.3. The molecule has 0 bridgehead atoms. The Hall–Kier alpha value is -2.62. The van der Waals surface area contributed by atoms with Crippen molar-refractivity contribution in [2.75, 3.05) is 0 Å². The molecule has 0 spiro atoms. The van der Waals surface area contributed by atoms with Gasteiger partial charge < -0.3 is 10.2 Å². The highest BCUT2D eigenvalue weighted by atomic mass is 16.3. The number of aromatic hydroxyl groups is 2. The van der Waals surface area contributed by atoms with Crippen LogP contribution in [0.15, 0.2) is 46.4 Å². The van der Waals surface area contributed by atoms with Gasteiger partial charge in [0.05, 0.1) is 12.1 Å². The Labute approximate surface area is 345 Å². The van der Waals surface area contributed by atoms with E-state index in [1.807, 2.05) is 24.6 Å². The van der Waals surface area contributed by atoms with Crippen LogP contribution in [0.2, 0.25) is 0 Å². The van der Waals surface area contributed by atoms with Gasteiger partial charge in [-0.15, -0.1) is 0 Å². The van der Waals surface area contributed by atoms with Crippen LogP contribution in [-0.2, 0) is 12.8 Å². The normalized spacial score (nSPS) is 16.1. The van der Waals surface area contributed by atoms with Crippen molar-refractivity contribution < 1.29 is 10.2 Å². The van der Waals surface area contributed by atoms with E-state index in [1.165, 1.54) is 191 Å². The Morgan fingerprint density at radius 1 is 0.429 bits per heavy atom. The number of phenols is 2. The smallest absolute Gasteiger partial charge is 0.124 e. The number of hydrogen-bond donors (Lipinski definition) is 2. The molecule has 0 aromatic heterocycles. The molecule has 1 saturated carbocycles. The van der Waals surface area contributed by atoms with Crippen LogP contribution in [0.25, 0.3) is 0 Å². The largest absolute Gasteiger partial charge is 0.507 e. The zero-order valence-corrected chi connectivity index (χ0v) is 36.6. The van der Waals surface area contributed by atoms with Crippen molar-refractivity contribution >= 4 is 12.4 Å². The summed E-state index contributed by atoms with van der Waals surface area (Å²) in [5.41, 5.74) is 4.20. The molecule has 1 aliphatic rings. The fourth-order valence-corrected chi connectivity index (χ4v) is 8.56. The molecular formula is C52H86N2O2. The topological polar surface area (TPSA) is 65.2 Å². The molecule has 2 aromatic rings. The summed E-state index contributed by atoms with van der Waals surface area (Å²) in [5.74, 6) is 0.602. The second-order valence-corrected chi connectivity index (χ2v) is 17.5. The van der Waals surface area contributed by atoms with E-state index in [1.54, 1.807) is 0 Å². The summed E-state index contributed by atoms with van der Waals surface area (Å²) in [6, 6.07) is 12.3. The van der Waals surface area contributed by atoms with Crippen LogP contribution in [0.1, 0.15) is 242 Å². The van der Waals surface area contributed by atoms with E-state index in [-0.39, 0.29) is 12.1 Å². The zero-order valence-electron chi connectivity index (χ0n) is 36.6. The van der Waals surface area contributed by atoms with Crippen molar-refractivity contribution in [3.05, 3.63) is 58.7 Å². The number of nitrogens with zero attached hydrogens (tertiary/aromatic N) is 2. The van der Waals surface area contributed by atoms with Crippen molar-refractivity contribution in [1.29, 1.82) is 0 Å². The molecule has 0 heterocycles. The van der Waals surface area contributed by atoms with Gasteiger partial charge in [0, 0.05) is 23.6 Å². The minimum atomic E-state index is 0.0923. The lowest BCUT2D eigenvalue weighted by Gasteiger charge is -2.25. The maximum atomic E-state index is 10.7. The van der Waals surface area contributed by atoms with Gasteiger partial charge in [-0.25, -0.2) is 0 Å². The lowest BCUT2D eigenvalue weighted by molar-refractivity contribution is 0.390. The monoisotopic (exact) mass is 771 g/mol. The maximum absolute atomic E-state index is 10.7. The van der Waals surface area contributed by atoms with Crippen LogP contribution in [0.5, 0.6) is 11.5 Å². The number of aliphatic imine (C=N–C) groups is 2. The third kappa shape index (κ3) is 22.4. The summed E-state index contributed by atoms with van der Waals surface area (Å²) in [7, 11) is 0. The van der Waals surface area contributed by atoms with Crippen molar-refractivity contribution in [1.82, 2.24) is 0 Å². The predicted octanol–water partition coefficient (Wildman–Crippen LogP) is 16.0. The van der Waals surface area contributed by atoms with Crippen molar-refractivity contribution in [3.63, 3.8) is 0 Å². The highest BCUT2D eigenvalue weighted by Gasteiger charge is 2.23. The lowest BCUT2D eigenvalue weighted by Crippen LogP contribution is -2.27. The molecule has 2 aromatic carbocycles. The van der Waals surface area contributed by atoms with E-state index in [0.717, 1.165) is 49.7 Å². The number of unbranched alkanes of at least 4 members (excludes halogenated alkanes) is 26. The Kier molecular flexibility index (Phi) is 27.6. The van der Waals surface area contributed by atoms with E-state index in [9.17, 15) is 10.2 Å². The van der Waals surface area contributed by atoms with Gasteiger partial charge in [-0.3, -0.25) is 9.98 Å². The molecule has 0 unspecified atom stereocenters. The standard InChI is InChI=1S/C52H86N2O2/c1-3-5-7-9-11-13-15-17-19-21-23-25-27-29-33-45-37-39-51(55)47(41-45)43-53-49-35-31-32-36-50(49)54-44-48-42-46(38-40-52(48)56)34-30-28-26-24-22-20-18-16-14-12-10-8-6-4-2/h37-44,49-50,55-56H,3-36H2,1-2H3/t49-,50-/m1/s1. The number of hydrogen-bond acceptors (Lipinski definition) is 4. The minimum Gasteiger partial charge on any atom is -0.507 e. The Balaban J connectivity index is 1.33. The third-order valence-electron chi connectivity index (χ3n) is 12.3. The Morgan fingerprint density at radius 3 is 1.02 bits per heavy atom. The van der Waals surface area contributed by atoms with E-state index in [0.29, 0.717) is 11.5 Å². The lowest BCUT2D eigenvalue weighted by atomic mass is 9.91. The summed E-state index contributed by atoms with van der Waals surface area (Å²) < 4.78 is 0. The highest BCUT2D eigenvalue weighted by Crippen LogP contribution is 2.27. The molecule has 2 atom stereocenters. The summed E-state index contributed by atoms with van der Waals surface area (Å²) in [6.07, 6.45) is 48.7. The summed E-state index contributed by atoms with van der Waals surface area (Å²) in [4.78, 5) is 10.0. The molecular weight excluding hydrogens is 685 g/mol. The average Bonchev–Trinajstić information content (AvgIpc) is 3.21. The first kappa shape index (κ1) is 47.8. The second kappa shape index (κ2) is 32.3. The fraction of sp³-hybridized carbons (Fsp3) is 0.731. The Bertz CT molecular complexity index is 1200. The zero-order chi connectivity index (χ0) is 39.7. The van der Waals surface area contributed by atoms with Crippen LogP contribution in [0.3, 0.4) is 0 Å². The van der Waals surface area contributed by atoms with Crippen molar-refractivity contribution in [2.24, 2.45) is 9.98 Å². The number of aryl methyl sites for hydroxylation is 2. The highest BCUT2D eigenvalue weighted by molar-refractivity contribution is 5.84. The summed E-state index contributed by atoms with van der Waals surface area (Å²) in [5, 5.41) is 21.3. The minimum absolute atomic E-state index is 0.0923. The molecule has 1 fully saturated rings. The molecule has 3 rings (SSSR count). The van der Waals surface area contributed by atoms with Gasteiger partial charge in [0.15, 0.2) is 0 Å². The predicted molar refractivity (Wildman–Crippen MR) is 245 cm³/mol. The molecule has 0 radical (unpaired) electrons. The summed E-state index contributed by atoms with van der Waals surface area (Å²) >= 11 is 0. The number of rotatable bonds is 34. The first-order chi connectivity index (χ1) is 27.6. The van der Waals surface area contributed by atoms with Crippen LogP contribution < -0.4 is 0 Å². The molecule has 2 N–H and O–H groups in total. The van der Waals surface area contributed by atoms with Gasteiger partial charge in [-0.1, -0.05) is 206 Å². The second-order valence-electron chi connectivity index (χ2n) is 17.5. The van der Waals surface area contributed by atoms with Gasteiger partial charge in [-0.05, 0) is 73.9 Å². The van der Waals surface area contributed by atoms with E-state index < -0.39 is 0 Å². The van der Waals surface area contributed by atoms with Gasteiger partial charge in [0.1, 0.15) is 11.5 Å². The van der Waals surface area contributed by atoms with Crippen molar-refractivity contribution in [2.45, 2.75) is 244 Å². The quantitative estimate of drug-likeness (QED) is 0.0550. The molecule has 316 valence electrons. The molecule has 0 aliphatic heterocycles. The van der Waals surface area contributed by atoms with Crippen LogP contribution in [-0.4, -0.2) is 34.7 Å². The van der Waals surface area contributed by atoms with Gasteiger partial charge in [-0.2, -0.15) is 0 Å². The SMILES string of the molecule is CCCCCCCCCCCCCCCCc1ccc(O)c(C=N[C@@H]2CCCC[C@H]2N=Cc2cc(CCCCCCCCCCCCCCCC)ccc2O)c1. The van der Waals surface area contributed by atoms with E-state index >= 15 is 0 Å². The Morgan fingerprint density at radius 2 is 0.714 bits per heavy atom. The van der Waals surface area contributed by atoms with Gasteiger partial charge >= 0.3 is 0 Å². The van der Waals surface area contributed by atoms with Crippen LogP contribution in [0.4, 0.5) is 0 Å². The molecule has 56 heavy (non-hydrogen) atoms. The molecule has 4 nitrogen and oxygen atoms in total. The fourth-order valence-electron chi connectivity index (χ4n) is 8.56. The molecule has 0 saturated heterocycles. The first-order valence-electron chi connectivity index (χ1n) is 24.3. The van der Waals surface area contributed by atoms with Crippen LogP contribution in [0, 0.1) is 0 Å². The summed E-state index contributed by atoms with van der Waals surface area (Å²) in [6.45, 7) is 4.58. The van der Waals surface area contributed by atoms with Gasteiger partial charge in [0.25, 0.3) is 0 Å². The van der Waals surface area contributed by atoms with Gasteiger partial charge in [0.2, 0.25) is 0 Å². The number of benzene rings is 2. The molecule has 1 aliphatic carbocycles. The third-order valence-corrected chi connectivity index (χ3v) is 12.3. The van der Waals surface area contributed by atoms with E-state index in [2.05, 4.69) is 38.1 Å². The molecule has 4 heteroatoms. The number of phenolic OH excluding ortho intramolecular Hbond substituents is 2. The van der Waals surface area contributed by atoms with Crippen molar-refractivity contribution in [3.8, 4) is 11.5 Å². The average molecular weight is 771 g/mol.